The molecule has 0 amide bonds. The van der Waals surface area contributed by atoms with Crippen LogP contribution in [0.15, 0.2) is 34.3 Å². The summed E-state index contributed by atoms with van der Waals surface area (Å²) in [6.07, 6.45) is 0. The molecule has 21 heavy (non-hydrogen) atoms. The van der Waals surface area contributed by atoms with E-state index >= 15 is 0 Å². The average Bonchev–Trinajstić information content (AvgIpc) is 2.44. The van der Waals surface area contributed by atoms with Crippen LogP contribution in [0.1, 0.15) is 36.4 Å². The fourth-order valence-corrected chi connectivity index (χ4v) is 2.74. The van der Waals surface area contributed by atoms with Crippen molar-refractivity contribution in [2.75, 3.05) is 0 Å². The van der Waals surface area contributed by atoms with Crippen LogP contribution in [0.5, 0.6) is 0 Å². The summed E-state index contributed by atoms with van der Waals surface area (Å²) >= 11 is 1.62. The highest BCUT2D eigenvalue weighted by Crippen LogP contribution is 2.26. The van der Waals surface area contributed by atoms with E-state index in [0.717, 1.165) is 23.1 Å². The van der Waals surface area contributed by atoms with Crippen molar-refractivity contribution in [3.63, 3.8) is 0 Å². The molecule has 112 valence electrons. The maximum atomic E-state index is 4.55. The van der Waals surface area contributed by atoms with Gasteiger partial charge in [-0.3, -0.25) is 0 Å². The smallest absolute Gasteiger partial charge is 0.192 e. The average molecular weight is 301 g/mol. The first-order chi connectivity index (χ1) is 9.95. The molecule has 0 aliphatic rings. The van der Waals surface area contributed by atoms with Crippen molar-refractivity contribution in [2.45, 2.75) is 57.3 Å². The zero-order valence-corrected chi connectivity index (χ0v) is 14.2. The van der Waals surface area contributed by atoms with Crippen molar-refractivity contribution in [1.29, 1.82) is 0 Å². The van der Waals surface area contributed by atoms with E-state index in [2.05, 4.69) is 60.3 Å². The van der Waals surface area contributed by atoms with Gasteiger partial charge in [-0.25, -0.2) is 9.97 Å². The first-order valence-corrected chi connectivity index (χ1v) is 8.09. The first kappa shape index (κ1) is 16.0. The predicted molar refractivity (Wildman–Crippen MR) is 88.8 cm³/mol. The van der Waals surface area contributed by atoms with Crippen LogP contribution in [0.3, 0.4) is 0 Å². The zero-order chi connectivity index (χ0) is 15.4. The fraction of sp³-hybridized carbons (Fsp3) is 0.412. The van der Waals surface area contributed by atoms with Gasteiger partial charge in [-0.1, -0.05) is 26.0 Å². The van der Waals surface area contributed by atoms with E-state index in [1.54, 1.807) is 11.8 Å². The van der Waals surface area contributed by atoms with Crippen LogP contribution in [-0.2, 0) is 6.54 Å². The Balaban J connectivity index is 2.06. The molecule has 3 nitrogen and oxygen atoms in total. The van der Waals surface area contributed by atoms with Crippen molar-refractivity contribution < 1.29 is 0 Å². The maximum Gasteiger partial charge on any atom is 0.192 e. The van der Waals surface area contributed by atoms with Gasteiger partial charge in [0.1, 0.15) is 0 Å². The summed E-state index contributed by atoms with van der Waals surface area (Å²) in [5.74, 6) is 0. The Labute approximate surface area is 131 Å². The van der Waals surface area contributed by atoms with Crippen molar-refractivity contribution in [1.82, 2.24) is 15.3 Å². The second kappa shape index (κ2) is 7.05. The summed E-state index contributed by atoms with van der Waals surface area (Å²) in [4.78, 5) is 10.3. The highest BCUT2D eigenvalue weighted by atomic mass is 32.2. The molecule has 2 rings (SSSR count). The van der Waals surface area contributed by atoms with Crippen molar-refractivity contribution >= 4 is 11.8 Å². The van der Waals surface area contributed by atoms with Crippen molar-refractivity contribution in [2.24, 2.45) is 0 Å². The highest BCUT2D eigenvalue weighted by Gasteiger charge is 2.06. The Morgan fingerprint density at radius 1 is 1.00 bits per heavy atom. The summed E-state index contributed by atoms with van der Waals surface area (Å²) in [7, 11) is 0. The second-order valence-electron chi connectivity index (χ2n) is 5.58. The monoisotopic (exact) mass is 301 g/mol. The zero-order valence-electron chi connectivity index (χ0n) is 13.4. The minimum atomic E-state index is 0.506. The number of rotatable bonds is 5. The molecule has 4 heteroatoms. The lowest BCUT2D eigenvalue weighted by molar-refractivity contribution is 0.588. The number of nitrogens with zero attached hydrogens (tertiary/aromatic N) is 2. The summed E-state index contributed by atoms with van der Waals surface area (Å²) in [6.45, 7) is 11.4. The molecule has 0 fully saturated rings. The molecule has 1 aromatic heterocycles. The number of benzene rings is 1. The molecule has 1 aromatic carbocycles. The molecule has 0 saturated carbocycles. The number of hydrogen-bond acceptors (Lipinski definition) is 4. The van der Waals surface area contributed by atoms with Gasteiger partial charge in [-0.05, 0) is 55.8 Å². The van der Waals surface area contributed by atoms with E-state index in [1.165, 1.54) is 16.0 Å². The molecule has 0 unspecified atom stereocenters. The summed E-state index contributed by atoms with van der Waals surface area (Å²) < 4.78 is 0. The third-order valence-electron chi connectivity index (χ3n) is 3.46. The lowest BCUT2D eigenvalue weighted by Crippen LogP contribution is -2.21. The van der Waals surface area contributed by atoms with E-state index in [-0.39, 0.29) is 0 Å². The topological polar surface area (TPSA) is 37.8 Å². The molecule has 0 aliphatic heterocycles. The fourth-order valence-electron chi connectivity index (χ4n) is 1.89. The van der Waals surface area contributed by atoms with Crippen LogP contribution in [-0.4, -0.2) is 16.0 Å². The largest absolute Gasteiger partial charge is 0.310 e. The Bertz CT molecular complexity index is 583. The van der Waals surface area contributed by atoms with Crippen LogP contribution in [0.25, 0.3) is 0 Å². The van der Waals surface area contributed by atoms with E-state index < -0.39 is 0 Å². The van der Waals surface area contributed by atoms with Gasteiger partial charge in [0, 0.05) is 28.9 Å². The van der Waals surface area contributed by atoms with Crippen molar-refractivity contribution in [3.8, 4) is 0 Å². The Morgan fingerprint density at radius 2 is 1.57 bits per heavy atom. The Hall–Kier alpha value is -1.39. The SMILES string of the molecule is Cc1nc(Sc2ccc(CNC(C)C)cc2)nc(C)c1C. The molecule has 1 heterocycles. The quantitative estimate of drug-likeness (QED) is 0.845. The number of hydrogen-bond donors (Lipinski definition) is 1. The van der Waals surface area contributed by atoms with Gasteiger partial charge in [-0.15, -0.1) is 0 Å². The second-order valence-corrected chi connectivity index (χ2v) is 6.62. The van der Waals surface area contributed by atoms with E-state index in [1.807, 2.05) is 13.8 Å². The lowest BCUT2D eigenvalue weighted by atomic mass is 10.2. The predicted octanol–water partition coefficient (Wildman–Crippen LogP) is 4.05. The van der Waals surface area contributed by atoms with Gasteiger partial charge >= 0.3 is 0 Å². The number of aryl methyl sites for hydroxylation is 2. The molecular formula is C17H23N3S. The molecule has 0 radical (unpaired) electrons. The third-order valence-corrected chi connectivity index (χ3v) is 4.33. The van der Waals surface area contributed by atoms with E-state index in [0.29, 0.717) is 6.04 Å². The molecule has 2 aromatic rings. The van der Waals surface area contributed by atoms with Crippen LogP contribution >= 0.6 is 11.8 Å². The molecule has 0 atom stereocenters. The molecule has 0 bridgehead atoms. The molecule has 0 aliphatic carbocycles. The molecular weight excluding hydrogens is 278 g/mol. The highest BCUT2D eigenvalue weighted by molar-refractivity contribution is 7.99. The van der Waals surface area contributed by atoms with Gasteiger partial charge in [0.2, 0.25) is 0 Å². The third kappa shape index (κ3) is 4.55. The van der Waals surface area contributed by atoms with Crippen molar-refractivity contribution in [3.05, 3.63) is 46.8 Å². The molecule has 0 spiro atoms. The van der Waals surface area contributed by atoms with Gasteiger partial charge in [0.25, 0.3) is 0 Å². The minimum Gasteiger partial charge on any atom is -0.310 e. The lowest BCUT2D eigenvalue weighted by Gasteiger charge is -2.09. The normalized spacial score (nSPS) is 11.1. The van der Waals surface area contributed by atoms with Crippen LogP contribution in [0.4, 0.5) is 0 Å². The van der Waals surface area contributed by atoms with Gasteiger partial charge in [0.05, 0.1) is 0 Å². The van der Waals surface area contributed by atoms with Crippen LogP contribution in [0, 0.1) is 20.8 Å². The van der Waals surface area contributed by atoms with Gasteiger partial charge < -0.3 is 5.32 Å². The van der Waals surface area contributed by atoms with Gasteiger partial charge in [-0.2, -0.15) is 0 Å². The minimum absolute atomic E-state index is 0.506. The molecule has 1 N–H and O–H groups in total. The van der Waals surface area contributed by atoms with Crippen LogP contribution < -0.4 is 5.32 Å². The summed E-state index contributed by atoms with van der Waals surface area (Å²) in [5.41, 5.74) is 4.59. The Morgan fingerprint density at radius 3 is 2.10 bits per heavy atom. The summed E-state index contributed by atoms with van der Waals surface area (Å²) in [5, 5.41) is 4.24. The maximum absolute atomic E-state index is 4.55. The van der Waals surface area contributed by atoms with Gasteiger partial charge in [0.15, 0.2) is 5.16 Å². The number of nitrogens with one attached hydrogen (secondary N) is 1. The Kier molecular flexibility index (Phi) is 5.37. The first-order valence-electron chi connectivity index (χ1n) is 7.27. The number of aromatic nitrogens is 2. The van der Waals surface area contributed by atoms with Crippen LogP contribution in [0.2, 0.25) is 0 Å². The standard InChI is InChI=1S/C17H23N3S/c1-11(2)18-10-15-6-8-16(9-7-15)21-17-19-13(4)12(3)14(5)20-17/h6-9,11,18H,10H2,1-5H3. The van der Waals surface area contributed by atoms with E-state index in [4.69, 9.17) is 0 Å². The van der Waals surface area contributed by atoms with E-state index in [9.17, 15) is 0 Å². The summed E-state index contributed by atoms with van der Waals surface area (Å²) in [6, 6.07) is 9.09. The molecule has 0 saturated heterocycles.